The number of nitrogens with one attached hydrogen (secondary N) is 2. The number of likely N-dealkylation sites (tertiary alicyclic amines) is 1. The Morgan fingerprint density at radius 3 is 2.39 bits per heavy atom. The number of benzene rings is 1. The van der Waals surface area contributed by atoms with Crippen LogP contribution in [-0.2, 0) is 15.8 Å². The van der Waals surface area contributed by atoms with Gasteiger partial charge in [0.2, 0.25) is 11.8 Å². The lowest BCUT2D eigenvalue weighted by molar-refractivity contribution is -0.137. The lowest BCUT2D eigenvalue weighted by Crippen LogP contribution is -2.48. The molecule has 154 valence electrons. The van der Waals surface area contributed by atoms with Crippen molar-refractivity contribution in [2.45, 2.75) is 44.3 Å². The van der Waals surface area contributed by atoms with Crippen molar-refractivity contribution in [3.8, 4) is 0 Å². The molecule has 0 atom stereocenters. The van der Waals surface area contributed by atoms with Gasteiger partial charge in [0.25, 0.3) is 0 Å². The van der Waals surface area contributed by atoms with Crippen LogP contribution in [0.25, 0.3) is 0 Å². The highest BCUT2D eigenvalue weighted by Gasteiger charge is 2.31. The molecule has 0 radical (unpaired) electrons. The van der Waals surface area contributed by atoms with Crippen LogP contribution in [0.2, 0.25) is 5.02 Å². The van der Waals surface area contributed by atoms with Crippen LogP contribution in [0.3, 0.4) is 0 Å². The zero-order valence-electron chi connectivity index (χ0n) is 15.3. The molecule has 1 heterocycles. The molecule has 1 aliphatic heterocycles. The minimum atomic E-state index is -4.50. The molecule has 0 bridgehead atoms. The third-order valence-electron chi connectivity index (χ3n) is 5.34. The average Bonchev–Trinajstić information content (AvgIpc) is 2.56. The molecule has 0 unspecified atom stereocenters. The molecule has 9 heteroatoms. The van der Waals surface area contributed by atoms with E-state index in [1.807, 2.05) is 4.90 Å². The molecule has 2 aliphatic rings. The number of hydrogen-bond acceptors (Lipinski definition) is 3. The number of piperidine rings is 1. The van der Waals surface area contributed by atoms with E-state index in [1.165, 1.54) is 0 Å². The van der Waals surface area contributed by atoms with Gasteiger partial charge in [-0.25, -0.2) is 0 Å². The number of carbonyl (C=O) groups is 2. The number of anilines is 1. The highest BCUT2D eigenvalue weighted by atomic mass is 35.5. The highest BCUT2D eigenvalue weighted by molar-refractivity contribution is 6.33. The Morgan fingerprint density at radius 1 is 1.14 bits per heavy atom. The number of nitrogens with zero attached hydrogens (tertiary/aromatic N) is 1. The third kappa shape index (κ3) is 5.38. The predicted octanol–water partition coefficient (Wildman–Crippen LogP) is 3.68. The van der Waals surface area contributed by atoms with Crippen LogP contribution in [0.1, 0.15) is 37.7 Å². The monoisotopic (exact) mass is 417 g/mol. The van der Waals surface area contributed by atoms with Crippen molar-refractivity contribution in [2.24, 2.45) is 5.92 Å². The molecule has 1 aliphatic carbocycles. The van der Waals surface area contributed by atoms with Crippen molar-refractivity contribution in [1.29, 1.82) is 0 Å². The number of amides is 2. The average molecular weight is 418 g/mol. The summed E-state index contributed by atoms with van der Waals surface area (Å²) in [4.78, 5) is 26.2. The van der Waals surface area contributed by atoms with Gasteiger partial charge in [0.1, 0.15) is 0 Å². The van der Waals surface area contributed by atoms with E-state index < -0.39 is 17.6 Å². The maximum absolute atomic E-state index is 12.8. The molecule has 5 nitrogen and oxygen atoms in total. The van der Waals surface area contributed by atoms with Gasteiger partial charge in [-0.05, 0) is 43.9 Å². The van der Waals surface area contributed by atoms with Crippen LogP contribution in [-0.4, -0.2) is 42.4 Å². The molecule has 1 aromatic carbocycles. The Morgan fingerprint density at radius 2 is 1.82 bits per heavy atom. The summed E-state index contributed by atoms with van der Waals surface area (Å²) >= 11 is 5.91. The molecule has 0 spiro atoms. The highest BCUT2D eigenvalue weighted by Crippen LogP contribution is 2.33. The Bertz CT molecular complexity index is 730. The standard InChI is InChI=1S/C19H23ClF3N3O2/c20-15-5-4-13(19(21,22)23)10-16(15)25-17(27)11-26-8-6-14(7-9-26)24-18(28)12-2-1-3-12/h4-5,10,12,14H,1-3,6-9,11H2,(H,24,28)(H,25,27). The number of rotatable bonds is 5. The van der Waals surface area contributed by atoms with Crippen molar-refractivity contribution < 1.29 is 22.8 Å². The number of alkyl halides is 3. The number of hydrogen-bond donors (Lipinski definition) is 2. The zero-order chi connectivity index (χ0) is 20.3. The topological polar surface area (TPSA) is 61.4 Å². The molecule has 1 saturated carbocycles. The quantitative estimate of drug-likeness (QED) is 0.768. The maximum atomic E-state index is 12.8. The molecule has 2 amide bonds. The fourth-order valence-electron chi connectivity index (χ4n) is 3.42. The Labute approximate surface area is 166 Å². The Kier molecular flexibility index (Phi) is 6.50. The second-order valence-corrected chi connectivity index (χ2v) is 7.83. The van der Waals surface area contributed by atoms with E-state index in [2.05, 4.69) is 10.6 Å². The Balaban J connectivity index is 1.46. The molecule has 1 aromatic rings. The van der Waals surface area contributed by atoms with Crippen molar-refractivity contribution in [1.82, 2.24) is 10.2 Å². The van der Waals surface area contributed by atoms with Crippen LogP contribution in [0.5, 0.6) is 0 Å². The molecule has 3 rings (SSSR count). The molecular weight excluding hydrogens is 395 g/mol. The normalized spacial score (nSPS) is 19.1. The van der Waals surface area contributed by atoms with Crippen LogP contribution < -0.4 is 10.6 Å². The fraction of sp³-hybridized carbons (Fsp3) is 0.579. The van der Waals surface area contributed by atoms with Gasteiger partial charge in [-0.1, -0.05) is 18.0 Å². The van der Waals surface area contributed by atoms with E-state index in [-0.39, 0.29) is 35.1 Å². The SMILES string of the molecule is O=C(CN1CCC(NC(=O)C2CCC2)CC1)Nc1cc(C(F)(F)F)ccc1Cl. The lowest BCUT2D eigenvalue weighted by Gasteiger charge is -2.33. The summed E-state index contributed by atoms with van der Waals surface area (Å²) in [6, 6.07) is 2.95. The van der Waals surface area contributed by atoms with Crippen molar-refractivity contribution in [3.63, 3.8) is 0 Å². The van der Waals surface area contributed by atoms with Gasteiger partial charge in [-0.15, -0.1) is 0 Å². The van der Waals surface area contributed by atoms with Gasteiger partial charge < -0.3 is 10.6 Å². The minimum absolute atomic E-state index is 0.0517. The second kappa shape index (κ2) is 8.69. The summed E-state index contributed by atoms with van der Waals surface area (Å²) in [6.07, 6.45) is 0.0232. The lowest BCUT2D eigenvalue weighted by atomic mass is 9.84. The van der Waals surface area contributed by atoms with Crippen molar-refractivity contribution in [2.75, 3.05) is 25.0 Å². The Hall–Kier alpha value is -1.80. The van der Waals surface area contributed by atoms with Gasteiger partial charge in [0.05, 0.1) is 22.8 Å². The molecule has 2 N–H and O–H groups in total. The van der Waals surface area contributed by atoms with Crippen LogP contribution in [0.4, 0.5) is 18.9 Å². The van der Waals surface area contributed by atoms with Crippen molar-refractivity contribution in [3.05, 3.63) is 28.8 Å². The van der Waals surface area contributed by atoms with Gasteiger partial charge >= 0.3 is 6.18 Å². The summed E-state index contributed by atoms with van der Waals surface area (Å²) in [6.45, 7) is 1.34. The van der Waals surface area contributed by atoms with E-state index >= 15 is 0 Å². The summed E-state index contributed by atoms with van der Waals surface area (Å²) in [7, 11) is 0. The van der Waals surface area contributed by atoms with Gasteiger partial charge in [-0.3, -0.25) is 14.5 Å². The predicted molar refractivity (Wildman–Crippen MR) is 100 cm³/mol. The number of carbonyl (C=O) groups excluding carboxylic acids is 2. The molecule has 0 aromatic heterocycles. The first-order valence-electron chi connectivity index (χ1n) is 9.41. The summed E-state index contributed by atoms with van der Waals surface area (Å²) in [5, 5.41) is 5.59. The van der Waals surface area contributed by atoms with E-state index in [0.717, 1.165) is 50.3 Å². The van der Waals surface area contributed by atoms with E-state index in [1.54, 1.807) is 0 Å². The van der Waals surface area contributed by atoms with Crippen LogP contribution in [0, 0.1) is 5.92 Å². The first-order valence-corrected chi connectivity index (χ1v) is 9.79. The maximum Gasteiger partial charge on any atom is 0.416 e. The zero-order valence-corrected chi connectivity index (χ0v) is 16.1. The van der Waals surface area contributed by atoms with Crippen molar-refractivity contribution >= 4 is 29.1 Å². The van der Waals surface area contributed by atoms with Crippen LogP contribution >= 0.6 is 11.6 Å². The minimum Gasteiger partial charge on any atom is -0.353 e. The van der Waals surface area contributed by atoms with E-state index in [4.69, 9.17) is 11.6 Å². The van der Waals surface area contributed by atoms with Crippen LogP contribution in [0.15, 0.2) is 18.2 Å². The first-order chi connectivity index (χ1) is 13.2. The molecular formula is C19H23ClF3N3O2. The van der Waals surface area contributed by atoms with E-state index in [0.29, 0.717) is 13.1 Å². The second-order valence-electron chi connectivity index (χ2n) is 7.43. The molecule has 28 heavy (non-hydrogen) atoms. The van der Waals surface area contributed by atoms with E-state index in [9.17, 15) is 22.8 Å². The third-order valence-corrected chi connectivity index (χ3v) is 5.67. The van der Waals surface area contributed by atoms with Gasteiger partial charge in [-0.2, -0.15) is 13.2 Å². The van der Waals surface area contributed by atoms with Gasteiger partial charge in [0.15, 0.2) is 0 Å². The number of halogens is 4. The summed E-state index contributed by atoms with van der Waals surface area (Å²) in [5.74, 6) is -0.138. The summed E-state index contributed by atoms with van der Waals surface area (Å²) in [5.41, 5.74) is -0.917. The molecule has 1 saturated heterocycles. The molecule has 2 fully saturated rings. The smallest absolute Gasteiger partial charge is 0.353 e. The first kappa shape index (κ1) is 20.9. The van der Waals surface area contributed by atoms with Gasteiger partial charge in [0, 0.05) is 25.0 Å². The summed E-state index contributed by atoms with van der Waals surface area (Å²) < 4.78 is 38.5. The fourth-order valence-corrected chi connectivity index (χ4v) is 3.58. The largest absolute Gasteiger partial charge is 0.416 e.